The van der Waals surface area contributed by atoms with Crippen LogP contribution in [0.2, 0.25) is 5.02 Å². The van der Waals surface area contributed by atoms with Crippen molar-refractivity contribution in [3.05, 3.63) is 58.7 Å². The Labute approximate surface area is 190 Å². The Balaban J connectivity index is 1.49. The maximum atomic E-state index is 13.0. The first kappa shape index (κ1) is 21.5. The van der Waals surface area contributed by atoms with Crippen LogP contribution in [0.1, 0.15) is 16.1 Å². The average molecular weight is 453 g/mol. The molecule has 3 aromatic rings. The first-order valence-electron chi connectivity index (χ1n) is 9.97. The second-order valence-electron chi connectivity index (χ2n) is 7.11. The number of rotatable bonds is 5. The lowest BCUT2D eigenvalue weighted by molar-refractivity contribution is 0.0745. The highest BCUT2D eigenvalue weighted by atomic mass is 35.5. The van der Waals surface area contributed by atoms with E-state index in [0.717, 1.165) is 0 Å². The number of carbonyl (C=O) groups is 1. The number of amides is 1. The van der Waals surface area contributed by atoms with Crippen LogP contribution in [0.25, 0.3) is 11.5 Å². The number of hydrogen-bond acceptors (Lipinski definition) is 7. The molecule has 2 heterocycles. The molecule has 0 bridgehead atoms. The van der Waals surface area contributed by atoms with Gasteiger partial charge in [0.2, 0.25) is 17.5 Å². The molecule has 1 saturated heterocycles. The Morgan fingerprint density at radius 1 is 1.09 bits per heavy atom. The number of nitrogens with zero attached hydrogens (tertiary/aromatic N) is 4. The van der Waals surface area contributed by atoms with E-state index < -0.39 is 0 Å². The molecule has 164 valence electrons. The predicted octanol–water partition coefficient (Wildman–Crippen LogP) is 3.85. The third-order valence-corrected chi connectivity index (χ3v) is 5.63. The molecule has 32 heavy (non-hydrogen) atoms. The second-order valence-corrected chi connectivity index (χ2v) is 7.52. The van der Waals surface area contributed by atoms with Gasteiger partial charge in [-0.3, -0.25) is 4.79 Å². The van der Waals surface area contributed by atoms with Crippen molar-refractivity contribution in [3.63, 3.8) is 0 Å². The first-order valence-corrected chi connectivity index (χ1v) is 10.4. The van der Waals surface area contributed by atoms with Crippen LogP contribution in [0.4, 0.5) is 5.88 Å². The van der Waals surface area contributed by atoms with Gasteiger partial charge in [-0.1, -0.05) is 23.7 Å². The summed E-state index contributed by atoms with van der Waals surface area (Å²) in [6.45, 7) is 1.95. The minimum absolute atomic E-state index is 0.0968. The average Bonchev–Trinajstić information content (AvgIpc) is 3.27. The lowest BCUT2D eigenvalue weighted by Crippen LogP contribution is -2.48. The number of oxazole rings is 1. The van der Waals surface area contributed by atoms with E-state index in [1.807, 2.05) is 17.0 Å². The van der Waals surface area contributed by atoms with Gasteiger partial charge in [0.15, 0.2) is 11.5 Å². The van der Waals surface area contributed by atoms with E-state index in [1.165, 1.54) is 7.11 Å². The lowest BCUT2D eigenvalue weighted by Gasteiger charge is -2.34. The normalized spacial score (nSPS) is 13.6. The number of aromatic nitrogens is 1. The van der Waals surface area contributed by atoms with Gasteiger partial charge >= 0.3 is 0 Å². The molecule has 0 atom stereocenters. The largest absolute Gasteiger partial charge is 0.493 e. The van der Waals surface area contributed by atoms with E-state index in [1.54, 1.807) is 42.3 Å². The van der Waals surface area contributed by atoms with Crippen molar-refractivity contribution in [2.75, 3.05) is 45.3 Å². The van der Waals surface area contributed by atoms with E-state index in [4.69, 9.17) is 25.5 Å². The first-order chi connectivity index (χ1) is 15.5. The minimum Gasteiger partial charge on any atom is -0.493 e. The molecule has 1 aliphatic heterocycles. The monoisotopic (exact) mass is 452 g/mol. The van der Waals surface area contributed by atoms with Crippen molar-refractivity contribution in [2.24, 2.45) is 0 Å². The summed E-state index contributed by atoms with van der Waals surface area (Å²) in [5.41, 5.74) is 1.34. The third-order valence-electron chi connectivity index (χ3n) is 5.30. The number of anilines is 1. The Hall–Kier alpha value is -3.70. The Morgan fingerprint density at radius 3 is 2.47 bits per heavy atom. The van der Waals surface area contributed by atoms with Crippen LogP contribution < -0.4 is 14.4 Å². The van der Waals surface area contributed by atoms with Crippen LogP contribution >= 0.6 is 11.6 Å². The van der Waals surface area contributed by atoms with Gasteiger partial charge in [-0.15, -0.1) is 0 Å². The number of piperazine rings is 1. The van der Waals surface area contributed by atoms with E-state index in [0.29, 0.717) is 65.6 Å². The molecule has 0 aliphatic carbocycles. The second kappa shape index (κ2) is 9.20. The topological polar surface area (TPSA) is 91.8 Å². The van der Waals surface area contributed by atoms with Crippen molar-refractivity contribution in [3.8, 4) is 29.0 Å². The van der Waals surface area contributed by atoms with Gasteiger partial charge in [-0.05, 0) is 30.3 Å². The summed E-state index contributed by atoms with van der Waals surface area (Å²) in [4.78, 5) is 21.0. The molecule has 1 fully saturated rings. The number of benzene rings is 2. The van der Waals surface area contributed by atoms with Gasteiger partial charge in [0, 0.05) is 31.7 Å². The molecule has 0 saturated carbocycles. The highest BCUT2D eigenvalue weighted by Crippen LogP contribution is 2.33. The number of halogens is 1. The number of methoxy groups -OCH3 is 2. The maximum absolute atomic E-state index is 13.0. The van der Waals surface area contributed by atoms with Crippen LogP contribution in [0, 0.1) is 11.3 Å². The summed E-state index contributed by atoms with van der Waals surface area (Å²) in [5.74, 6) is 1.66. The predicted molar refractivity (Wildman–Crippen MR) is 119 cm³/mol. The van der Waals surface area contributed by atoms with E-state index in [2.05, 4.69) is 11.1 Å². The molecule has 9 heteroatoms. The third kappa shape index (κ3) is 4.07. The number of nitriles is 1. The summed E-state index contributed by atoms with van der Waals surface area (Å²) in [7, 11) is 3.08. The number of hydrogen-bond donors (Lipinski definition) is 0. The van der Waals surface area contributed by atoms with Crippen LogP contribution in [0.5, 0.6) is 11.5 Å². The molecular formula is C23H21ClN4O4. The molecule has 0 N–H and O–H groups in total. The quantitative estimate of drug-likeness (QED) is 0.580. The Bertz CT molecular complexity index is 1180. The van der Waals surface area contributed by atoms with Crippen molar-refractivity contribution in [2.45, 2.75) is 0 Å². The fourth-order valence-corrected chi connectivity index (χ4v) is 3.83. The van der Waals surface area contributed by atoms with Gasteiger partial charge in [0.25, 0.3) is 5.91 Å². The summed E-state index contributed by atoms with van der Waals surface area (Å²) < 4.78 is 16.5. The van der Waals surface area contributed by atoms with Gasteiger partial charge in [0.05, 0.1) is 24.8 Å². The smallest absolute Gasteiger partial charge is 0.254 e. The molecule has 2 aromatic carbocycles. The fraction of sp³-hybridized carbons (Fsp3) is 0.261. The van der Waals surface area contributed by atoms with E-state index in [-0.39, 0.29) is 11.6 Å². The molecule has 4 rings (SSSR count). The Kier molecular flexibility index (Phi) is 6.19. The van der Waals surface area contributed by atoms with Gasteiger partial charge in [-0.2, -0.15) is 10.2 Å². The molecule has 1 aliphatic rings. The SMILES string of the molecule is COc1ccc(C(=O)N2CCN(c3oc(-c4ccccc4Cl)nc3C#N)CC2)cc1OC. The van der Waals surface area contributed by atoms with Crippen LogP contribution in [-0.2, 0) is 0 Å². The molecule has 0 spiro atoms. The summed E-state index contributed by atoms with van der Waals surface area (Å²) in [6.07, 6.45) is 0. The zero-order valence-corrected chi connectivity index (χ0v) is 18.4. The molecule has 0 radical (unpaired) electrons. The number of carbonyl (C=O) groups excluding carboxylic acids is 1. The van der Waals surface area contributed by atoms with Crippen molar-refractivity contribution in [1.82, 2.24) is 9.88 Å². The standard InChI is InChI=1S/C23H21ClN4O4/c1-30-19-8-7-15(13-20(19)31-2)22(29)27-9-11-28(12-10-27)23-18(14-25)26-21(32-23)16-5-3-4-6-17(16)24/h3-8,13H,9-12H2,1-2H3. The van der Waals surface area contributed by atoms with E-state index in [9.17, 15) is 10.1 Å². The van der Waals surface area contributed by atoms with Crippen LogP contribution in [-0.4, -0.2) is 56.2 Å². The highest BCUT2D eigenvalue weighted by Gasteiger charge is 2.27. The van der Waals surface area contributed by atoms with E-state index >= 15 is 0 Å². The molecular weight excluding hydrogens is 432 g/mol. The minimum atomic E-state index is -0.0968. The van der Waals surface area contributed by atoms with Crippen molar-refractivity contribution < 1.29 is 18.7 Å². The van der Waals surface area contributed by atoms with Gasteiger partial charge in [0.1, 0.15) is 6.07 Å². The highest BCUT2D eigenvalue weighted by molar-refractivity contribution is 6.33. The zero-order chi connectivity index (χ0) is 22.7. The maximum Gasteiger partial charge on any atom is 0.254 e. The van der Waals surface area contributed by atoms with Gasteiger partial charge < -0.3 is 23.7 Å². The number of ether oxygens (including phenoxy) is 2. The zero-order valence-electron chi connectivity index (χ0n) is 17.7. The van der Waals surface area contributed by atoms with Gasteiger partial charge in [-0.25, -0.2) is 0 Å². The summed E-state index contributed by atoms with van der Waals surface area (Å²) in [5, 5.41) is 10.0. The molecule has 0 unspecified atom stereocenters. The summed E-state index contributed by atoms with van der Waals surface area (Å²) in [6, 6.07) is 14.4. The lowest BCUT2D eigenvalue weighted by atomic mass is 10.1. The van der Waals surface area contributed by atoms with Crippen molar-refractivity contribution >= 4 is 23.4 Å². The molecule has 1 aromatic heterocycles. The fourth-order valence-electron chi connectivity index (χ4n) is 3.61. The Morgan fingerprint density at radius 2 is 1.81 bits per heavy atom. The van der Waals surface area contributed by atoms with Crippen LogP contribution in [0.3, 0.4) is 0 Å². The molecule has 1 amide bonds. The summed E-state index contributed by atoms with van der Waals surface area (Å²) >= 11 is 6.24. The van der Waals surface area contributed by atoms with Crippen molar-refractivity contribution in [1.29, 1.82) is 5.26 Å². The van der Waals surface area contributed by atoms with Crippen LogP contribution in [0.15, 0.2) is 46.9 Å². The molecule has 8 nitrogen and oxygen atoms in total.